The van der Waals surface area contributed by atoms with E-state index in [0.717, 1.165) is 55.3 Å². The Morgan fingerprint density at radius 1 is 1.04 bits per heavy atom. The number of Topliss-reactive ketones (excluding diaryl/α,β-unsaturated/α-hetero) is 1. The zero-order chi connectivity index (χ0) is 18.5. The zero-order valence-electron chi connectivity index (χ0n) is 17.3. The van der Waals surface area contributed by atoms with E-state index in [1.165, 1.54) is 44.9 Å². The van der Waals surface area contributed by atoms with Crippen LogP contribution in [0.4, 0.5) is 0 Å². The molecule has 26 heavy (non-hydrogen) atoms. The normalized spacial score (nSPS) is 49.2. The molecule has 4 aliphatic rings. The van der Waals surface area contributed by atoms with Gasteiger partial charge >= 0.3 is 0 Å². The number of carbonyl (C=O) groups is 1. The van der Waals surface area contributed by atoms with E-state index >= 15 is 0 Å². The lowest BCUT2D eigenvalue weighted by molar-refractivity contribution is -0.140. The van der Waals surface area contributed by atoms with Crippen molar-refractivity contribution in [3.8, 4) is 0 Å². The maximum atomic E-state index is 12.0. The minimum absolute atomic E-state index is 0.348. The number of hydrogen-bond donors (Lipinski definition) is 1. The van der Waals surface area contributed by atoms with Crippen LogP contribution in [0.5, 0.6) is 0 Å². The first-order chi connectivity index (χ1) is 12.4. The molecule has 0 heterocycles. The molecule has 0 aliphatic heterocycles. The fourth-order valence-corrected chi connectivity index (χ4v) is 8.64. The van der Waals surface area contributed by atoms with Crippen molar-refractivity contribution in [1.82, 2.24) is 0 Å². The predicted octanol–water partition coefficient (Wildman–Crippen LogP) is 5.62. The average Bonchev–Trinajstić information content (AvgIpc) is 2.97. The second-order valence-electron chi connectivity index (χ2n) is 11.0. The van der Waals surface area contributed by atoms with Crippen LogP contribution in [-0.4, -0.2) is 17.5 Å². The topological polar surface area (TPSA) is 37.3 Å². The molecule has 0 spiro atoms. The minimum Gasteiger partial charge on any atom is -0.396 e. The van der Waals surface area contributed by atoms with Crippen molar-refractivity contribution in [3.05, 3.63) is 0 Å². The van der Waals surface area contributed by atoms with Crippen molar-refractivity contribution in [2.75, 3.05) is 6.61 Å². The Morgan fingerprint density at radius 2 is 1.81 bits per heavy atom. The Labute approximate surface area is 160 Å². The minimum atomic E-state index is 0.348. The number of aliphatic hydroxyl groups is 1. The molecule has 0 radical (unpaired) electrons. The van der Waals surface area contributed by atoms with Gasteiger partial charge in [0.2, 0.25) is 0 Å². The van der Waals surface area contributed by atoms with Crippen molar-refractivity contribution in [2.24, 2.45) is 46.3 Å². The third-order valence-electron chi connectivity index (χ3n) is 10.1. The summed E-state index contributed by atoms with van der Waals surface area (Å²) in [5.74, 6) is 5.53. The highest BCUT2D eigenvalue weighted by molar-refractivity contribution is 5.79. The largest absolute Gasteiger partial charge is 0.396 e. The molecule has 4 aliphatic carbocycles. The van der Waals surface area contributed by atoms with Crippen LogP contribution in [-0.2, 0) is 4.79 Å². The summed E-state index contributed by atoms with van der Waals surface area (Å²) in [5.41, 5.74) is 0.975. The van der Waals surface area contributed by atoms with Gasteiger partial charge < -0.3 is 5.11 Å². The maximum Gasteiger partial charge on any atom is 0.133 e. The molecule has 0 unspecified atom stereocenters. The summed E-state index contributed by atoms with van der Waals surface area (Å²) >= 11 is 0. The van der Waals surface area contributed by atoms with Gasteiger partial charge in [0.1, 0.15) is 5.78 Å². The van der Waals surface area contributed by atoms with Gasteiger partial charge in [0, 0.05) is 19.4 Å². The van der Waals surface area contributed by atoms with Crippen molar-refractivity contribution < 1.29 is 9.90 Å². The van der Waals surface area contributed by atoms with E-state index < -0.39 is 0 Å². The van der Waals surface area contributed by atoms with Crippen LogP contribution in [0, 0.1) is 46.3 Å². The monoisotopic (exact) mass is 360 g/mol. The van der Waals surface area contributed by atoms with Crippen molar-refractivity contribution >= 4 is 5.78 Å². The van der Waals surface area contributed by atoms with Gasteiger partial charge in [0.05, 0.1) is 0 Å². The third-order valence-corrected chi connectivity index (χ3v) is 10.1. The van der Waals surface area contributed by atoms with E-state index in [1.54, 1.807) is 0 Å². The van der Waals surface area contributed by atoms with Gasteiger partial charge in [0.25, 0.3) is 0 Å². The van der Waals surface area contributed by atoms with Gasteiger partial charge in [-0.05, 0) is 104 Å². The SMILES string of the molecule is C[C@H](CCCO)[C@H]1CC[C@H]2[C@@H]3CC[C@H]4CC(=O)CC[C@]4(C)[C@H]3CC[C@]12C. The fourth-order valence-electron chi connectivity index (χ4n) is 8.64. The van der Waals surface area contributed by atoms with Crippen molar-refractivity contribution in [3.63, 3.8) is 0 Å². The van der Waals surface area contributed by atoms with E-state index in [4.69, 9.17) is 0 Å². The summed E-state index contributed by atoms with van der Waals surface area (Å²) < 4.78 is 0. The average molecular weight is 361 g/mol. The Hall–Kier alpha value is -0.370. The van der Waals surface area contributed by atoms with Crippen LogP contribution in [0.15, 0.2) is 0 Å². The molecule has 148 valence electrons. The van der Waals surface area contributed by atoms with Crippen molar-refractivity contribution in [1.29, 1.82) is 0 Å². The second kappa shape index (κ2) is 6.90. The van der Waals surface area contributed by atoms with Crippen LogP contribution in [0.1, 0.15) is 91.4 Å². The van der Waals surface area contributed by atoms with Gasteiger partial charge in [-0.1, -0.05) is 20.8 Å². The van der Waals surface area contributed by atoms with E-state index in [-0.39, 0.29) is 0 Å². The van der Waals surface area contributed by atoms with E-state index in [1.807, 2.05) is 0 Å². The number of hydrogen-bond acceptors (Lipinski definition) is 2. The molecular weight excluding hydrogens is 320 g/mol. The first-order valence-corrected chi connectivity index (χ1v) is 11.5. The lowest BCUT2D eigenvalue weighted by atomic mass is 9.44. The Kier molecular flexibility index (Phi) is 5.04. The quantitative estimate of drug-likeness (QED) is 0.706. The fraction of sp³-hybridized carbons (Fsp3) is 0.958. The predicted molar refractivity (Wildman–Crippen MR) is 106 cm³/mol. The molecule has 0 aromatic rings. The first-order valence-electron chi connectivity index (χ1n) is 11.5. The summed E-state index contributed by atoms with van der Waals surface area (Å²) in [7, 11) is 0. The zero-order valence-corrected chi connectivity index (χ0v) is 17.3. The third kappa shape index (κ3) is 2.81. The van der Waals surface area contributed by atoms with E-state index in [0.29, 0.717) is 29.1 Å². The molecule has 4 rings (SSSR count). The lowest BCUT2D eigenvalue weighted by Crippen LogP contribution is -2.53. The Balaban J connectivity index is 1.53. The molecule has 0 saturated heterocycles. The molecule has 0 bridgehead atoms. The second-order valence-corrected chi connectivity index (χ2v) is 11.0. The van der Waals surface area contributed by atoms with Gasteiger partial charge in [-0.2, -0.15) is 0 Å². The molecule has 4 saturated carbocycles. The number of rotatable bonds is 4. The number of carbonyl (C=O) groups excluding carboxylic acids is 1. The van der Waals surface area contributed by atoms with Crippen LogP contribution < -0.4 is 0 Å². The van der Waals surface area contributed by atoms with E-state index in [2.05, 4.69) is 20.8 Å². The highest BCUT2D eigenvalue weighted by atomic mass is 16.2. The molecule has 0 aromatic carbocycles. The highest BCUT2D eigenvalue weighted by Crippen LogP contribution is 2.68. The molecule has 0 aromatic heterocycles. The maximum absolute atomic E-state index is 12.0. The van der Waals surface area contributed by atoms with Gasteiger partial charge in [-0.25, -0.2) is 0 Å². The molecule has 8 atom stereocenters. The Morgan fingerprint density at radius 3 is 2.58 bits per heavy atom. The smallest absolute Gasteiger partial charge is 0.133 e. The molecule has 2 heteroatoms. The van der Waals surface area contributed by atoms with Gasteiger partial charge in [-0.15, -0.1) is 0 Å². The van der Waals surface area contributed by atoms with Crippen molar-refractivity contribution in [2.45, 2.75) is 91.4 Å². The summed E-state index contributed by atoms with van der Waals surface area (Å²) in [6.45, 7) is 7.98. The van der Waals surface area contributed by atoms with Gasteiger partial charge in [-0.3, -0.25) is 4.79 Å². The van der Waals surface area contributed by atoms with Gasteiger partial charge in [0.15, 0.2) is 0 Å². The van der Waals surface area contributed by atoms with Crippen LogP contribution in [0.3, 0.4) is 0 Å². The van der Waals surface area contributed by atoms with Crippen LogP contribution in [0.25, 0.3) is 0 Å². The molecule has 2 nitrogen and oxygen atoms in total. The first kappa shape index (κ1) is 19.0. The highest BCUT2D eigenvalue weighted by Gasteiger charge is 2.60. The molecule has 0 amide bonds. The molecule has 4 fully saturated rings. The Bertz CT molecular complexity index is 542. The summed E-state index contributed by atoms with van der Waals surface area (Å²) in [6.07, 6.45) is 13.4. The van der Waals surface area contributed by atoms with E-state index in [9.17, 15) is 9.90 Å². The van der Waals surface area contributed by atoms with Crippen LogP contribution in [0.2, 0.25) is 0 Å². The standard InChI is InChI=1S/C24H40O2/c1-16(5-4-14-25)20-8-9-21-19-7-6-17-15-18(26)10-12-23(17,2)22(19)11-13-24(20,21)3/h16-17,19-22,25H,4-15H2,1-3H3/t16-,17+,19+,20-,21+,22+,23+,24-/m1/s1. The van der Waals surface area contributed by atoms with Crippen LogP contribution >= 0.6 is 0 Å². The number of ketones is 1. The molecule has 1 N–H and O–H groups in total. The molecular formula is C24H40O2. The summed E-state index contributed by atoms with van der Waals surface area (Å²) in [5, 5.41) is 9.24. The summed E-state index contributed by atoms with van der Waals surface area (Å²) in [4.78, 5) is 12.0. The summed E-state index contributed by atoms with van der Waals surface area (Å²) in [6, 6.07) is 0. The number of aliphatic hydroxyl groups excluding tert-OH is 1. The number of fused-ring (bicyclic) bond motifs is 5. The lowest BCUT2D eigenvalue weighted by Gasteiger charge is -2.60.